The van der Waals surface area contributed by atoms with E-state index >= 15 is 0 Å². The van der Waals surface area contributed by atoms with Gasteiger partial charge in [-0.15, -0.1) is 0 Å². The lowest BCUT2D eigenvalue weighted by atomic mass is 10.1. The van der Waals surface area contributed by atoms with Gasteiger partial charge in [0.15, 0.2) is 6.61 Å². The normalized spacial score (nSPS) is 17.6. The third-order valence-corrected chi connectivity index (χ3v) is 4.38. The van der Waals surface area contributed by atoms with Gasteiger partial charge in [-0.1, -0.05) is 24.3 Å². The van der Waals surface area contributed by atoms with Crippen molar-refractivity contribution in [2.75, 3.05) is 26.2 Å². The van der Waals surface area contributed by atoms with Gasteiger partial charge in [0.1, 0.15) is 5.75 Å². The lowest BCUT2D eigenvalue weighted by Crippen LogP contribution is -2.50. The van der Waals surface area contributed by atoms with E-state index in [1.807, 2.05) is 55.3 Å². The lowest BCUT2D eigenvalue weighted by Gasteiger charge is -2.36. The molecule has 1 N–H and O–H groups in total. The number of benzene rings is 1. The van der Waals surface area contributed by atoms with E-state index in [1.165, 1.54) is 0 Å². The Labute approximate surface area is 142 Å². The number of hydrogen-bond donors (Lipinski definition) is 1. The summed E-state index contributed by atoms with van der Waals surface area (Å²) >= 11 is 0. The first-order valence-corrected chi connectivity index (χ1v) is 8.26. The maximum absolute atomic E-state index is 12.7. The van der Waals surface area contributed by atoms with Gasteiger partial charge in [0, 0.05) is 32.0 Å². The summed E-state index contributed by atoms with van der Waals surface area (Å²) in [5.74, 6) is 0.812. The molecule has 2 aromatic rings. The zero-order valence-corrected chi connectivity index (χ0v) is 14.2. The van der Waals surface area contributed by atoms with Crippen LogP contribution in [-0.4, -0.2) is 42.0 Å². The summed E-state index contributed by atoms with van der Waals surface area (Å²) in [6.07, 6.45) is 3.57. The first kappa shape index (κ1) is 16.5. The summed E-state index contributed by atoms with van der Waals surface area (Å²) in [6, 6.07) is 9.90. The Morgan fingerprint density at radius 3 is 2.79 bits per heavy atom. The number of para-hydroxylation sites is 1. The van der Waals surface area contributed by atoms with Crippen LogP contribution >= 0.6 is 0 Å². The smallest absolute Gasteiger partial charge is 0.261 e. The predicted molar refractivity (Wildman–Crippen MR) is 93.0 cm³/mol. The topological polar surface area (TPSA) is 54.5 Å². The van der Waals surface area contributed by atoms with Crippen molar-refractivity contribution in [2.45, 2.75) is 19.9 Å². The average molecular weight is 325 g/mol. The Bertz CT molecular complexity index is 683. The number of piperazine rings is 1. The Balaban J connectivity index is 1.71. The van der Waals surface area contributed by atoms with Crippen LogP contribution in [0.1, 0.15) is 22.7 Å². The molecule has 0 aliphatic carbocycles. The van der Waals surface area contributed by atoms with Crippen LogP contribution < -0.4 is 10.1 Å². The molecule has 5 nitrogen and oxygen atoms in total. The van der Waals surface area contributed by atoms with Gasteiger partial charge in [-0.2, -0.15) is 0 Å². The van der Waals surface area contributed by atoms with E-state index in [0.717, 1.165) is 35.5 Å². The quantitative estimate of drug-likeness (QED) is 0.937. The second-order valence-corrected chi connectivity index (χ2v) is 6.10. The van der Waals surface area contributed by atoms with Crippen LogP contribution in [0.2, 0.25) is 0 Å². The van der Waals surface area contributed by atoms with Crippen LogP contribution in [0.25, 0.3) is 0 Å². The highest BCUT2D eigenvalue weighted by atomic mass is 16.5. The number of ether oxygens (including phenoxy) is 1. The molecule has 0 spiro atoms. The SMILES string of the molecule is Cc1cccc(C)c1OCC(=O)N1CCNCC1c1cccnc1. The minimum absolute atomic E-state index is 0.00140. The highest BCUT2D eigenvalue weighted by Gasteiger charge is 2.28. The van der Waals surface area contributed by atoms with E-state index in [0.29, 0.717) is 6.54 Å². The zero-order valence-electron chi connectivity index (χ0n) is 14.2. The molecular formula is C19H23N3O2. The van der Waals surface area contributed by atoms with Crippen LogP contribution in [0.15, 0.2) is 42.7 Å². The molecule has 1 atom stereocenters. The standard InChI is InChI=1S/C19H23N3O2/c1-14-5-3-6-15(2)19(14)24-13-18(23)22-10-9-21-12-17(22)16-7-4-8-20-11-16/h3-8,11,17,21H,9-10,12-13H2,1-2H3. The van der Waals surface area contributed by atoms with Gasteiger partial charge in [-0.05, 0) is 36.6 Å². The average Bonchev–Trinajstić information content (AvgIpc) is 2.62. The number of hydrogen-bond acceptors (Lipinski definition) is 4. The van der Waals surface area contributed by atoms with E-state index in [9.17, 15) is 4.79 Å². The van der Waals surface area contributed by atoms with Gasteiger partial charge in [0.2, 0.25) is 0 Å². The molecule has 1 aliphatic rings. The fraction of sp³-hybridized carbons (Fsp3) is 0.368. The molecule has 5 heteroatoms. The molecule has 24 heavy (non-hydrogen) atoms. The Morgan fingerprint density at radius 2 is 2.08 bits per heavy atom. The van der Waals surface area contributed by atoms with Crippen molar-refractivity contribution in [1.29, 1.82) is 0 Å². The number of aromatic nitrogens is 1. The van der Waals surface area contributed by atoms with Gasteiger partial charge in [0.25, 0.3) is 5.91 Å². The number of carbonyl (C=O) groups excluding carboxylic acids is 1. The molecule has 2 heterocycles. The molecule has 0 saturated carbocycles. The predicted octanol–water partition coefficient (Wildman–Crippen LogP) is 2.25. The number of carbonyl (C=O) groups is 1. The second kappa shape index (κ2) is 7.45. The molecule has 0 radical (unpaired) electrons. The van der Waals surface area contributed by atoms with E-state index in [1.54, 1.807) is 6.20 Å². The minimum Gasteiger partial charge on any atom is -0.483 e. The van der Waals surface area contributed by atoms with Crippen molar-refractivity contribution in [1.82, 2.24) is 15.2 Å². The summed E-state index contributed by atoms with van der Waals surface area (Å²) in [4.78, 5) is 18.8. The largest absolute Gasteiger partial charge is 0.483 e. The van der Waals surface area contributed by atoms with Crippen molar-refractivity contribution >= 4 is 5.91 Å². The molecule has 0 bridgehead atoms. The third kappa shape index (κ3) is 3.57. The Kier molecular flexibility index (Phi) is 5.11. The van der Waals surface area contributed by atoms with Crippen LogP contribution in [-0.2, 0) is 4.79 Å². The van der Waals surface area contributed by atoms with E-state index in [-0.39, 0.29) is 18.6 Å². The van der Waals surface area contributed by atoms with Crippen LogP contribution in [0.5, 0.6) is 5.75 Å². The number of rotatable bonds is 4. The number of nitrogens with zero attached hydrogens (tertiary/aromatic N) is 2. The van der Waals surface area contributed by atoms with Crippen LogP contribution in [0.4, 0.5) is 0 Å². The van der Waals surface area contributed by atoms with Crippen molar-refractivity contribution in [3.05, 3.63) is 59.4 Å². The number of pyridine rings is 1. The van der Waals surface area contributed by atoms with Crippen LogP contribution in [0.3, 0.4) is 0 Å². The van der Waals surface area contributed by atoms with Crippen molar-refractivity contribution in [2.24, 2.45) is 0 Å². The summed E-state index contributed by atoms with van der Waals surface area (Å²) in [5, 5.41) is 3.35. The molecule has 1 aromatic carbocycles. The summed E-state index contributed by atoms with van der Waals surface area (Å²) in [5.41, 5.74) is 3.14. The molecule has 1 unspecified atom stereocenters. The number of amides is 1. The molecule has 1 fully saturated rings. The highest BCUT2D eigenvalue weighted by molar-refractivity contribution is 5.78. The van der Waals surface area contributed by atoms with Gasteiger partial charge in [-0.25, -0.2) is 0 Å². The monoisotopic (exact) mass is 325 g/mol. The summed E-state index contributed by atoms with van der Waals surface area (Å²) in [6.45, 7) is 6.26. The minimum atomic E-state index is 0.00140. The Morgan fingerprint density at radius 1 is 1.29 bits per heavy atom. The van der Waals surface area contributed by atoms with Gasteiger partial charge in [0.05, 0.1) is 6.04 Å². The van der Waals surface area contributed by atoms with E-state index in [4.69, 9.17) is 4.74 Å². The summed E-state index contributed by atoms with van der Waals surface area (Å²) in [7, 11) is 0. The number of nitrogens with one attached hydrogen (secondary N) is 1. The molecule has 1 amide bonds. The van der Waals surface area contributed by atoms with Crippen molar-refractivity contribution in [3.8, 4) is 5.75 Å². The van der Waals surface area contributed by atoms with Crippen molar-refractivity contribution in [3.63, 3.8) is 0 Å². The first-order chi connectivity index (χ1) is 11.7. The number of aryl methyl sites for hydroxylation is 2. The molecular weight excluding hydrogens is 302 g/mol. The summed E-state index contributed by atoms with van der Waals surface area (Å²) < 4.78 is 5.84. The van der Waals surface area contributed by atoms with Gasteiger partial charge >= 0.3 is 0 Å². The fourth-order valence-electron chi connectivity index (χ4n) is 3.12. The lowest BCUT2D eigenvalue weighted by molar-refractivity contribution is -0.136. The zero-order chi connectivity index (χ0) is 16.9. The molecule has 1 aliphatic heterocycles. The maximum Gasteiger partial charge on any atom is 0.261 e. The van der Waals surface area contributed by atoms with Gasteiger partial charge in [-0.3, -0.25) is 9.78 Å². The fourth-order valence-corrected chi connectivity index (χ4v) is 3.12. The maximum atomic E-state index is 12.7. The van der Waals surface area contributed by atoms with E-state index in [2.05, 4.69) is 10.3 Å². The van der Waals surface area contributed by atoms with Crippen LogP contribution in [0, 0.1) is 13.8 Å². The first-order valence-electron chi connectivity index (χ1n) is 8.26. The highest BCUT2D eigenvalue weighted by Crippen LogP contribution is 2.24. The third-order valence-electron chi connectivity index (χ3n) is 4.38. The molecule has 3 rings (SSSR count). The van der Waals surface area contributed by atoms with Crippen molar-refractivity contribution < 1.29 is 9.53 Å². The molecule has 1 saturated heterocycles. The molecule has 1 aromatic heterocycles. The second-order valence-electron chi connectivity index (χ2n) is 6.10. The van der Waals surface area contributed by atoms with E-state index < -0.39 is 0 Å². The molecule has 126 valence electrons. The van der Waals surface area contributed by atoms with Gasteiger partial charge < -0.3 is 15.0 Å². The Hall–Kier alpha value is -2.40.